The zero-order chi connectivity index (χ0) is 35.0. The van der Waals surface area contributed by atoms with Gasteiger partial charge in [-0.25, -0.2) is 5.06 Å². The van der Waals surface area contributed by atoms with Gasteiger partial charge in [-0.1, -0.05) is 86.8 Å². The van der Waals surface area contributed by atoms with E-state index in [1.807, 2.05) is 37.3 Å². The Bertz CT molecular complexity index is 1660. The summed E-state index contributed by atoms with van der Waals surface area (Å²) in [6.45, 7) is 4.31. The molecule has 1 unspecified atom stereocenters. The standard InChI is InChI=1S/C38H43N3O8/c1-3-5-8-17-29(23-41(26-42)48-24-27-13-9-6-10-14-27)37(45)39-25-40-38(46)34-19-18-33(49-34)30-20-31(22-32(21-30)47-4-2)36(44)35(43)28-15-11-7-12-16-28/h6-7,9-16,18-22,26,29,35,43H,3-5,8,17,23-25H2,1-2H3,(H,39,45)(H,40,46)/t29?,35-/m1/s1. The molecule has 2 atom stereocenters. The number of ketones is 1. The van der Waals surface area contributed by atoms with Crippen molar-refractivity contribution in [1.82, 2.24) is 15.7 Å². The zero-order valence-corrected chi connectivity index (χ0v) is 27.8. The van der Waals surface area contributed by atoms with Gasteiger partial charge in [0.25, 0.3) is 5.91 Å². The maximum atomic E-state index is 13.2. The molecular formula is C38H43N3O8. The van der Waals surface area contributed by atoms with E-state index < -0.39 is 23.7 Å². The highest BCUT2D eigenvalue weighted by molar-refractivity contribution is 6.01. The van der Waals surface area contributed by atoms with E-state index in [0.717, 1.165) is 29.9 Å². The largest absolute Gasteiger partial charge is 0.494 e. The second kappa shape index (κ2) is 18.9. The molecule has 0 bridgehead atoms. The van der Waals surface area contributed by atoms with Crippen LogP contribution >= 0.6 is 0 Å². The van der Waals surface area contributed by atoms with Crippen LogP contribution in [0.15, 0.2) is 95.4 Å². The van der Waals surface area contributed by atoms with Crippen LogP contribution in [0.2, 0.25) is 0 Å². The second-order valence-electron chi connectivity index (χ2n) is 11.4. The van der Waals surface area contributed by atoms with Crippen LogP contribution in [0, 0.1) is 5.92 Å². The molecule has 3 aromatic carbocycles. The molecule has 258 valence electrons. The number of carbonyl (C=O) groups is 4. The average molecular weight is 670 g/mol. The lowest BCUT2D eigenvalue weighted by atomic mass is 9.97. The van der Waals surface area contributed by atoms with Gasteiger partial charge in [-0.2, -0.15) is 0 Å². The number of rotatable bonds is 20. The van der Waals surface area contributed by atoms with Crippen molar-refractivity contribution in [1.29, 1.82) is 0 Å². The summed E-state index contributed by atoms with van der Waals surface area (Å²) >= 11 is 0. The molecule has 0 spiro atoms. The van der Waals surface area contributed by atoms with Crippen LogP contribution in [0.5, 0.6) is 5.75 Å². The third-order valence-corrected chi connectivity index (χ3v) is 7.78. The van der Waals surface area contributed by atoms with Crippen molar-refractivity contribution in [3.05, 3.63) is 113 Å². The first-order valence-corrected chi connectivity index (χ1v) is 16.4. The fourth-order valence-corrected chi connectivity index (χ4v) is 5.16. The van der Waals surface area contributed by atoms with Gasteiger partial charge in [0.05, 0.1) is 25.7 Å². The van der Waals surface area contributed by atoms with Gasteiger partial charge < -0.3 is 24.9 Å². The van der Waals surface area contributed by atoms with Gasteiger partial charge in [-0.15, -0.1) is 0 Å². The number of hydrogen-bond donors (Lipinski definition) is 3. The van der Waals surface area contributed by atoms with Crippen LogP contribution in [0.3, 0.4) is 0 Å². The molecule has 11 heteroatoms. The number of unbranched alkanes of at least 4 members (excludes halogenated alkanes) is 2. The van der Waals surface area contributed by atoms with Gasteiger partial charge in [-0.3, -0.25) is 24.0 Å². The second-order valence-corrected chi connectivity index (χ2v) is 11.4. The summed E-state index contributed by atoms with van der Waals surface area (Å²) < 4.78 is 11.5. The predicted molar refractivity (Wildman–Crippen MR) is 183 cm³/mol. The van der Waals surface area contributed by atoms with Crippen LogP contribution in [0.25, 0.3) is 11.3 Å². The quantitative estimate of drug-likeness (QED) is 0.0349. The van der Waals surface area contributed by atoms with Gasteiger partial charge in [0.15, 0.2) is 11.5 Å². The number of carbonyl (C=O) groups excluding carboxylic acids is 4. The van der Waals surface area contributed by atoms with Crippen molar-refractivity contribution < 1.29 is 38.3 Å². The van der Waals surface area contributed by atoms with Crippen molar-refractivity contribution in [3.63, 3.8) is 0 Å². The highest BCUT2D eigenvalue weighted by Gasteiger charge is 2.23. The number of aliphatic hydroxyl groups excluding tert-OH is 1. The van der Waals surface area contributed by atoms with E-state index in [1.54, 1.807) is 54.6 Å². The molecule has 4 rings (SSSR count). The molecule has 0 fully saturated rings. The predicted octanol–water partition coefficient (Wildman–Crippen LogP) is 5.85. The number of benzene rings is 3. The molecule has 0 aliphatic rings. The number of furan rings is 1. The molecule has 3 N–H and O–H groups in total. The normalized spacial score (nSPS) is 12.1. The van der Waals surface area contributed by atoms with E-state index in [2.05, 4.69) is 17.6 Å². The Balaban J connectivity index is 1.37. The van der Waals surface area contributed by atoms with Gasteiger partial charge >= 0.3 is 0 Å². The van der Waals surface area contributed by atoms with E-state index in [9.17, 15) is 24.3 Å². The summed E-state index contributed by atoms with van der Waals surface area (Å²) in [5, 5.41) is 17.2. The smallest absolute Gasteiger partial charge is 0.288 e. The minimum Gasteiger partial charge on any atom is -0.494 e. The summed E-state index contributed by atoms with van der Waals surface area (Å²) in [6.07, 6.45) is 2.44. The number of nitrogens with one attached hydrogen (secondary N) is 2. The molecule has 1 aromatic heterocycles. The summed E-state index contributed by atoms with van der Waals surface area (Å²) in [5.74, 6) is -1.25. The Hall–Kier alpha value is -5.26. The molecule has 49 heavy (non-hydrogen) atoms. The summed E-state index contributed by atoms with van der Waals surface area (Å²) in [5.41, 5.74) is 2.05. The first-order chi connectivity index (χ1) is 23.8. The monoisotopic (exact) mass is 669 g/mol. The van der Waals surface area contributed by atoms with Crippen molar-refractivity contribution in [2.75, 3.05) is 19.8 Å². The molecule has 0 aliphatic heterocycles. The molecular weight excluding hydrogens is 626 g/mol. The van der Waals surface area contributed by atoms with E-state index in [0.29, 0.717) is 42.1 Å². The third-order valence-electron chi connectivity index (χ3n) is 7.78. The average Bonchev–Trinajstić information content (AvgIpc) is 3.64. The Morgan fingerprint density at radius 2 is 1.65 bits per heavy atom. The molecule has 4 aromatic rings. The van der Waals surface area contributed by atoms with Crippen LogP contribution < -0.4 is 15.4 Å². The van der Waals surface area contributed by atoms with Crippen molar-refractivity contribution >= 4 is 24.0 Å². The Morgan fingerprint density at radius 3 is 2.35 bits per heavy atom. The maximum Gasteiger partial charge on any atom is 0.288 e. The number of aliphatic hydroxyl groups is 1. The topological polar surface area (TPSA) is 147 Å². The number of hydrogen-bond acceptors (Lipinski definition) is 8. The number of hydroxylamine groups is 2. The van der Waals surface area contributed by atoms with Crippen LogP contribution in [0.4, 0.5) is 0 Å². The Morgan fingerprint density at radius 1 is 0.918 bits per heavy atom. The lowest BCUT2D eigenvalue weighted by Gasteiger charge is -2.23. The SMILES string of the molecule is CCCCCC(CN(C=O)OCc1ccccc1)C(=O)NCNC(=O)c1ccc(-c2cc(OCC)cc(C(=O)[C@H](O)c3ccccc3)c2)o1. The van der Waals surface area contributed by atoms with Crippen LogP contribution in [0.1, 0.15) is 77.7 Å². The molecule has 0 saturated heterocycles. The Kier molecular flexibility index (Phi) is 14.1. The van der Waals surface area contributed by atoms with Crippen LogP contribution in [-0.2, 0) is 21.0 Å². The zero-order valence-electron chi connectivity index (χ0n) is 27.8. The van der Waals surface area contributed by atoms with E-state index in [4.69, 9.17) is 14.0 Å². The minimum atomic E-state index is -1.37. The lowest BCUT2D eigenvalue weighted by molar-refractivity contribution is -0.182. The number of Topliss-reactive ketones (excluding diaryl/α,β-unsaturated/α-hetero) is 1. The van der Waals surface area contributed by atoms with E-state index in [-0.39, 0.29) is 37.1 Å². The van der Waals surface area contributed by atoms with Crippen molar-refractivity contribution in [2.45, 2.75) is 52.2 Å². The van der Waals surface area contributed by atoms with E-state index >= 15 is 0 Å². The summed E-state index contributed by atoms with van der Waals surface area (Å²) in [6, 6.07) is 25.9. The van der Waals surface area contributed by atoms with E-state index in [1.165, 1.54) is 6.07 Å². The molecule has 1 heterocycles. The number of ether oxygens (including phenoxy) is 1. The number of amides is 3. The maximum absolute atomic E-state index is 13.2. The fourth-order valence-electron chi connectivity index (χ4n) is 5.16. The molecule has 0 saturated carbocycles. The minimum absolute atomic E-state index is 0.0100. The molecule has 0 radical (unpaired) electrons. The molecule has 0 aliphatic carbocycles. The Labute approximate surface area is 286 Å². The third kappa shape index (κ3) is 10.9. The highest BCUT2D eigenvalue weighted by atomic mass is 16.7. The first kappa shape index (κ1) is 36.6. The van der Waals surface area contributed by atoms with Gasteiger partial charge in [0, 0.05) is 11.1 Å². The molecule has 11 nitrogen and oxygen atoms in total. The fraction of sp³-hybridized carbons (Fsp3) is 0.316. The van der Waals surface area contributed by atoms with Gasteiger partial charge in [0.1, 0.15) is 24.2 Å². The van der Waals surface area contributed by atoms with Crippen molar-refractivity contribution in [2.24, 2.45) is 5.92 Å². The van der Waals surface area contributed by atoms with Crippen molar-refractivity contribution in [3.8, 4) is 17.1 Å². The van der Waals surface area contributed by atoms with Crippen LogP contribution in [-0.4, -0.2) is 54.0 Å². The van der Waals surface area contributed by atoms with Gasteiger partial charge in [0.2, 0.25) is 12.3 Å². The first-order valence-electron chi connectivity index (χ1n) is 16.4. The lowest BCUT2D eigenvalue weighted by Crippen LogP contribution is -2.43. The summed E-state index contributed by atoms with van der Waals surface area (Å²) in [7, 11) is 0. The highest BCUT2D eigenvalue weighted by Crippen LogP contribution is 2.30. The number of nitrogens with zero attached hydrogens (tertiary/aromatic N) is 1. The van der Waals surface area contributed by atoms with Gasteiger partial charge in [-0.05, 0) is 54.8 Å². The summed E-state index contributed by atoms with van der Waals surface area (Å²) in [4.78, 5) is 56.7. The molecule has 3 amide bonds.